The number of nitrogens with zero attached hydrogens (tertiary/aromatic N) is 5. The third kappa shape index (κ3) is 14.9. The van der Waals surface area contributed by atoms with Crippen molar-refractivity contribution in [3.05, 3.63) is 93.1 Å². The van der Waals surface area contributed by atoms with Crippen molar-refractivity contribution in [2.45, 2.75) is 109 Å². The SMILES string of the molecule is Cc1c(CN(C(=O)C2=C(c3ccc(CCCOc4c(F)ccc(F)c4Cl)cc3)CC3CCC2N3C(=O)OCCCCON(O)O)C2CC2)ccnc1OCCCOC(=O)OCCCCON(O)O. The number of benzene rings is 2. The van der Waals surface area contributed by atoms with Gasteiger partial charge in [-0.3, -0.25) is 40.2 Å². The van der Waals surface area contributed by atoms with Crippen molar-refractivity contribution in [2.75, 3.05) is 46.2 Å². The van der Waals surface area contributed by atoms with Crippen molar-refractivity contribution < 1.29 is 77.4 Å². The van der Waals surface area contributed by atoms with Crippen LogP contribution in [0.25, 0.3) is 5.57 Å². The summed E-state index contributed by atoms with van der Waals surface area (Å²) in [5, 5.41) is 33.5. The van der Waals surface area contributed by atoms with Crippen molar-refractivity contribution >= 4 is 35.3 Å². The highest BCUT2D eigenvalue weighted by molar-refractivity contribution is 6.32. The molecule has 19 nitrogen and oxygen atoms in total. The first-order valence-corrected chi connectivity index (χ1v) is 23.0. The molecule has 2 aromatic carbocycles. The highest BCUT2D eigenvalue weighted by Gasteiger charge is 2.49. The lowest BCUT2D eigenvalue weighted by Crippen LogP contribution is -2.49. The van der Waals surface area contributed by atoms with Crippen molar-refractivity contribution in [1.82, 2.24) is 25.6 Å². The van der Waals surface area contributed by atoms with Crippen molar-refractivity contribution in [1.29, 1.82) is 0 Å². The van der Waals surface area contributed by atoms with Gasteiger partial charge < -0.3 is 28.6 Å². The molecule has 0 spiro atoms. The molecule has 1 aromatic heterocycles. The average Bonchev–Trinajstić information content (AvgIpc) is 4.11. The average molecular weight is 978 g/mol. The summed E-state index contributed by atoms with van der Waals surface area (Å²) in [5.74, 6) is -1.65. The van der Waals surface area contributed by atoms with E-state index in [0.29, 0.717) is 75.7 Å². The number of carbonyl (C=O) groups is 3. The number of carbonyl (C=O) groups excluding carboxylic acids is 3. The minimum Gasteiger partial charge on any atom is -0.489 e. The van der Waals surface area contributed by atoms with Gasteiger partial charge in [-0.15, -0.1) is 0 Å². The lowest BCUT2D eigenvalue weighted by Gasteiger charge is -2.38. The van der Waals surface area contributed by atoms with E-state index in [2.05, 4.69) is 14.7 Å². The molecule has 2 amide bonds. The van der Waals surface area contributed by atoms with Crippen molar-refractivity contribution in [3.63, 3.8) is 0 Å². The smallest absolute Gasteiger partial charge is 0.489 e. The van der Waals surface area contributed by atoms with Gasteiger partial charge in [0.1, 0.15) is 10.8 Å². The van der Waals surface area contributed by atoms with Gasteiger partial charge in [0, 0.05) is 42.4 Å². The van der Waals surface area contributed by atoms with E-state index < -0.39 is 34.9 Å². The zero-order valence-electron chi connectivity index (χ0n) is 37.7. The minimum atomic E-state index is -0.840. The quantitative estimate of drug-likeness (QED) is 0.0245. The lowest BCUT2D eigenvalue weighted by molar-refractivity contribution is -0.492. The number of halogens is 3. The fourth-order valence-corrected chi connectivity index (χ4v) is 8.38. The number of aromatic nitrogens is 1. The molecule has 2 bridgehead atoms. The Hall–Kier alpha value is -5.23. The topological polar surface area (TPSA) is 223 Å². The predicted molar refractivity (Wildman–Crippen MR) is 234 cm³/mol. The number of hydrogen-bond donors (Lipinski definition) is 4. The molecular weight excluding hydrogens is 920 g/mol. The van der Waals surface area contributed by atoms with E-state index >= 15 is 4.79 Å². The Morgan fingerprint density at radius 2 is 1.38 bits per heavy atom. The van der Waals surface area contributed by atoms with Crippen LogP contribution in [0.2, 0.25) is 5.02 Å². The monoisotopic (exact) mass is 977 g/mol. The molecule has 3 aromatic rings. The molecule has 3 heterocycles. The second-order valence-electron chi connectivity index (χ2n) is 16.5. The zero-order chi connectivity index (χ0) is 48.6. The maximum absolute atomic E-state index is 15.2. The largest absolute Gasteiger partial charge is 0.508 e. The van der Waals surface area contributed by atoms with E-state index in [9.17, 15) is 18.4 Å². The third-order valence-electron chi connectivity index (χ3n) is 11.7. The van der Waals surface area contributed by atoms with Crippen molar-refractivity contribution in [2.24, 2.45) is 0 Å². The number of pyridine rings is 1. The fraction of sp³-hybridized carbons (Fsp3) is 0.522. The van der Waals surface area contributed by atoms with E-state index in [1.165, 1.54) is 0 Å². The summed E-state index contributed by atoms with van der Waals surface area (Å²) in [4.78, 5) is 57.9. The van der Waals surface area contributed by atoms with E-state index in [0.717, 1.165) is 52.8 Å². The number of aryl methyl sites for hydroxylation is 1. The molecule has 2 fully saturated rings. The molecule has 4 N–H and O–H groups in total. The van der Waals surface area contributed by atoms with E-state index in [1.54, 1.807) is 11.1 Å². The first kappa shape index (κ1) is 52.1. The second kappa shape index (κ2) is 25.9. The van der Waals surface area contributed by atoms with E-state index in [1.807, 2.05) is 42.2 Å². The number of fused-ring (bicyclic) bond motifs is 2. The summed E-state index contributed by atoms with van der Waals surface area (Å²) in [6, 6.07) is 10.8. The van der Waals surface area contributed by atoms with Gasteiger partial charge >= 0.3 is 12.2 Å². The maximum atomic E-state index is 15.2. The highest BCUT2D eigenvalue weighted by Crippen LogP contribution is 2.45. The van der Waals surface area contributed by atoms with Crippen LogP contribution in [0.15, 0.2) is 54.2 Å². The Labute approximate surface area is 396 Å². The first-order chi connectivity index (χ1) is 32.8. The number of ether oxygens (including phenoxy) is 5. The lowest BCUT2D eigenvalue weighted by atomic mass is 9.87. The molecule has 6 rings (SSSR count). The van der Waals surface area contributed by atoms with Gasteiger partial charge in [0.15, 0.2) is 11.6 Å². The van der Waals surface area contributed by atoms with Gasteiger partial charge in [0.25, 0.3) is 5.91 Å². The summed E-state index contributed by atoms with van der Waals surface area (Å²) in [5.41, 5.74) is 4.77. The second-order valence-corrected chi connectivity index (χ2v) is 16.9. The summed E-state index contributed by atoms with van der Waals surface area (Å²) >= 11 is 5.92. The van der Waals surface area contributed by atoms with E-state index in [-0.39, 0.29) is 87.3 Å². The standard InChI is InChI=1S/C46H58ClF2N5O14/c1-30-33(19-20-50-43(30)63-24-7-25-66-46(57)65-22-3-5-27-68-54(60)61)29-51(34-13-14-34)44(55)40-36(28-35-15-18-39(40)52(35)45(56)64-21-2-4-26-67-53(58)59)32-11-9-31(10-12-32)8-6-23-62-42-38(49)17-16-37(48)41(42)47/h9-12,16-17,19-20,34-35,39,58-61H,2-8,13-15,18,21-29H2,1H3. The molecule has 1 saturated heterocycles. The molecule has 2 atom stereocenters. The Bertz CT molecular complexity index is 2180. The predicted octanol–water partition coefficient (Wildman–Crippen LogP) is 8.16. The van der Waals surface area contributed by atoms with Crippen LogP contribution in [0.5, 0.6) is 11.6 Å². The number of rotatable bonds is 27. The van der Waals surface area contributed by atoms with Crippen LogP contribution in [0.1, 0.15) is 92.9 Å². The van der Waals surface area contributed by atoms with Crippen LogP contribution in [-0.2, 0) is 41.6 Å². The normalized spacial score (nSPS) is 16.6. The number of unbranched alkanes of at least 4 members (excludes halogenated alkanes) is 2. The van der Waals surface area contributed by atoms with Gasteiger partial charge in [-0.2, -0.15) is 0 Å². The van der Waals surface area contributed by atoms with Crippen LogP contribution in [0, 0.1) is 18.6 Å². The minimum absolute atomic E-state index is 0.00886. The third-order valence-corrected chi connectivity index (χ3v) is 12.1. The molecule has 1 aliphatic carbocycles. The van der Waals surface area contributed by atoms with Crippen molar-refractivity contribution in [3.8, 4) is 11.6 Å². The molecule has 3 aliphatic rings. The van der Waals surface area contributed by atoms with Crippen LogP contribution in [-0.4, -0.2) is 129 Å². The zero-order valence-corrected chi connectivity index (χ0v) is 38.5. The summed E-state index contributed by atoms with van der Waals surface area (Å²) in [6.07, 6.45) is 6.61. The van der Waals surface area contributed by atoms with Gasteiger partial charge in [-0.05, 0) is 118 Å². The molecule has 1 saturated carbocycles. The maximum Gasteiger partial charge on any atom is 0.508 e. The summed E-state index contributed by atoms with van der Waals surface area (Å²) in [6.45, 7) is 2.64. The highest BCUT2D eigenvalue weighted by atomic mass is 35.5. The molecule has 2 unspecified atom stereocenters. The van der Waals surface area contributed by atoms with Gasteiger partial charge in [-0.1, -0.05) is 35.9 Å². The van der Waals surface area contributed by atoms with Gasteiger partial charge in [0.2, 0.25) is 5.88 Å². The van der Waals surface area contributed by atoms with Gasteiger partial charge in [0.05, 0.1) is 63.1 Å². The molecule has 0 radical (unpaired) electrons. The molecular formula is C46H58ClF2N5O14. The number of hydrogen-bond acceptors (Lipinski definition) is 17. The van der Waals surface area contributed by atoms with Crippen LogP contribution >= 0.6 is 11.6 Å². The van der Waals surface area contributed by atoms with E-state index in [4.69, 9.17) is 56.1 Å². The Morgan fingerprint density at radius 3 is 2.06 bits per heavy atom. The fourth-order valence-electron chi connectivity index (χ4n) is 8.18. The molecule has 68 heavy (non-hydrogen) atoms. The summed E-state index contributed by atoms with van der Waals surface area (Å²) < 4.78 is 55.4. The number of amides is 2. The van der Waals surface area contributed by atoms with Crippen LogP contribution in [0.3, 0.4) is 0 Å². The van der Waals surface area contributed by atoms with Crippen LogP contribution in [0.4, 0.5) is 18.4 Å². The van der Waals surface area contributed by atoms with Crippen LogP contribution < -0.4 is 9.47 Å². The summed E-state index contributed by atoms with van der Waals surface area (Å²) in [7, 11) is 0. The Kier molecular flexibility index (Phi) is 19.9. The van der Waals surface area contributed by atoms with Gasteiger partial charge in [-0.25, -0.2) is 23.4 Å². The molecule has 2 aliphatic heterocycles. The Morgan fingerprint density at radius 1 is 0.750 bits per heavy atom. The Balaban J connectivity index is 1.13. The molecule has 22 heteroatoms. The first-order valence-electron chi connectivity index (χ1n) is 22.7. The molecule has 372 valence electrons.